The van der Waals surface area contributed by atoms with Crippen molar-refractivity contribution >= 4 is 17.6 Å². The van der Waals surface area contributed by atoms with Gasteiger partial charge in [0.1, 0.15) is 17.5 Å². The molecular weight excluding hydrogens is 218 g/mol. The maximum atomic E-state index is 11.2. The maximum Gasteiger partial charge on any atom is 0.328 e. The van der Waals surface area contributed by atoms with Gasteiger partial charge in [0, 0.05) is 6.07 Å². The Morgan fingerprint density at radius 2 is 2.20 bits per heavy atom. The second-order valence-corrected chi connectivity index (χ2v) is 3.41. The van der Waals surface area contributed by atoms with E-state index in [1.165, 1.54) is 13.2 Å². The van der Waals surface area contributed by atoms with Crippen molar-refractivity contribution in [2.75, 3.05) is 7.11 Å². The van der Waals surface area contributed by atoms with Crippen LogP contribution in [0.15, 0.2) is 18.2 Å². The number of hydrogen-bond donors (Lipinski definition) is 1. The predicted octanol–water partition coefficient (Wildman–Crippen LogP) is 1.60. The Bertz CT molecular complexity index is 366. The molecule has 1 atom stereocenters. The van der Waals surface area contributed by atoms with Crippen LogP contribution in [0, 0.1) is 0 Å². The molecule has 0 aliphatic heterocycles. The molecule has 0 saturated carbocycles. The topological polar surface area (TPSA) is 61.5 Å². The summed E-state index contributed by atoms with van der Waals surface area (Å²) < 4.78 is 9.91. The van der Waals surface area contributed by atoms with Crippen molar-refractivity contribution in [2.24, 2.45) is 5.73 Å². The Morgan fingerprint density at radius 1 is 1.53 bits per heavy atom. The fourth-order valence-corrected chi connectivity index (χ4v) is 1.17. The first-order valence-corrected chi connectivity index (χ1v) is 4.73. The highest BCUT2D eigenvalue weighted by Gasteiger charge is 2.11. The lowest BCUT2D eigenvalue weighted by molar-refractivity contribution is -0.135. The fraction of sp³-hybridized carbons (Fsp3) is 0.300. The van der Waals surface area contributed by atoms with Gasteiger partial charge >= 0.3 is 5.97 Å². The molecular formula is C10H12ClNO3. The molecule has 1 rings (SSSR count). The first kappa shape index (κ1) is 11.8. The summed E-state index contributed by atoms with van der Waals surface area (Å²) in [5.41, 5.74) is 5.35. The molecule has 15 heavy (non-hydrogen) atoms. The molecule has 2 N–H and O–H groups in total. The Balaban J connectivity index is 2.80. The molecule has 0 unspecified atom stereocenters. The summed E-state index contributed by atoms with van der Waals surface area (Å²) >= 11 is 5.85. The molecule has 0 fully saturated rings. The summed E-state index contributed by atoms with van der Waals surface area (Å²) in [6.45, 7) is 1.55. The van der Waals surface area contributed by atoms with E-state index in [-0.39, 0.29) is 0 Å². The molecule has 0 amide bonds. The van der Waals surface area contributed by atoms with Crippen molar-refractivity contribution in [2.45, 2.75) is 13.0 Å². The van der Waals surface area contributed by atoms with Gasteiger partial charge in [-0.25, -0.2) is 4.79 Å². The van der Waals surface area contributed by atoms with Gasteiger partial charge in [-0.05, 0) is 19.1 Å². The third-order valence-corrected chi connectivity index (χ3v) is 2.01. The first-order chi connectivity index (χ1) is 7.04. The van der Waals surface area contributed by atoms with Crippen LogP contribution in [0.1, 0.15) is 6.92 Å². The van der Waals surface area contributed by atoms with Gasteiger partial charge in [0.05, 0.1) is 12.1 Å². The second kappa shape index (κ2) is 5.00. The zero-order valence-corrected chi connectivity index (χ0v) is 9.25. The highest BCUT2D eigenvalue weighted by molar-refractivity contribution is 6.32. The number of methoxy groups -OCH3 is 1. The lowest BCUT2D eigenvalue weighted by atomic mass is 10.3. The average molecular weight is 230 g/mol. The van der Waals surface area contributed by atoms with E-state index in [9.17, 15) is 4.79 Å². The van der Waals surface area contributed by atoms with E-state index in [4.69, 9.17) is 26.8 Å². The van der Waals surface area contributed by atoms with Crippen molar-refractivity contribution in [1.82, 2.24) is 0 Å². The summed E-state index contributed by atoms with van der Waals surface area (Å²) in [4.78, 5) is 11.2. The number of ether oxygens (including phenoxy) is 2. The summed E-state index contributed by atoms with van der Waals surface area (Å²) in [5.74, 6) is 0.372. The van der Waals surface area contributed by atoms with Gasteiger partial charge in [-0.1, -0.05) is 11.6 Å². The summed E-state index contributed by atoms with van der Waals surface area (Å²) in [5, 5.41) is 0.382. The van der Waals surface area contributed by atoms with Crippen LogP contribution in [0.5, 0.6) is 11.5 Å². The van der Waals surface area contributed by atoms with Gasteiger partial charge in [0.15, 0.2) is 0 Å². The van der Waals surface area contributed by atoms with E-state index < -0.39 is 12.0 Å². The van der Waals surface area contributed by atoms with Gasteiger partial charge in [-0.15, -0.1) is 0 Å². The maximum absolute atomic E-state index is 11.2. The normalized spacial score (nSPS) is 12.0. The van der Waals surface area contributed by atoms with Crippen LogP contribution in [-0.4, -0.2) is 19.1 Å². The van der Waals surface area contributed by atoms with Gasteiger partial charge in [0.25, 0.3) is 0 Å². The van der Waals surface area contributed by atoms with Gasteiger partial charge in [-0.3, -0.25) is 0 Å². The number of benzene rings is 1. The van der Waals surface area contributed by atoms with Crippen LogP contribution < -0.4 is 15.2 Å². The van der Waals surface area contributed by atoms with Crippen molar-refractivity contribution < 1.29 is 14.3 Å². The van der Waals surface area contributed by atoms with E-state index >= 15 is 0 Å². The minimum absolute atomic E-state index is 0.350. The van der Waals surface area contributed by atoms with Crippen LogP contribution in [0.2, 0.25) is 5.02 Å². The number of nitrogens with two attached hydrogens (primary N) is 1. The zero-order chi connectivity index (χ0) is 11.4. The van der Waals surface area contributed by atoms with E-state index in [2.05, 4.69) is 0 Å². The van der Waals surface area contributed by atoms with Crippen LogP contribution in [0.25, 0.3) is 0 Å². The molecule has 0 aromatic heterocycles. The highest BCUT2D eigenvalue weighted by Crippen LogP contribution is 2.28. The molecule has 0 aliphatic rings. The Labute approximate surface area is 92.9 Å². The monoisotopic (exact) mass is 229 g/mol. The van der Waals surface area contributed by atoms with E-state index in [1.807, 2.05) is 0 Å². The molecule has 5 heteroatoms. The second-order valence-electron chi connectivity index (χ2n) is 3.01. The van der Waals surface area contributed by atoms with Crippen LogP contribution >= 0.6 is 11.6 Å². The summed E-state index contributed by atoms with van der Waals surface area (Å²) in [7, 11) is 1.51. The molecule has 0 saturated heterocycles. The molecule has 0 aliphatic carbocycles. The lowest BCUT2D eigenvalue weighted by Crippen LogP contribution is -2.30. The lowest BCUT2D eigenvalue weighted by Gasteiger charge is -2.08. The van der Waals surface area contributed by atoms with Gasteiger partial charge < -0.3 is 15.2 Å². The predicted molar refractivity (Wildman–Crippen MR) is 57.3 cm³/mol. The minimum atomic E-state index is -0.661. The first-order valence-electron chi connectivity index (χ1n) is 4.35. The van der Waals surface area contributed by atoms with Crippen molar-refractivity contribution in [1.29, 1.82) is 0 Å². The third kappa shape index (κ3) is 3.11. The summed E-state index contributed by atoms with van der Waals surface area (Å²) in [6, 6.07) is 4.04. The molecule has 0 bridgehead atoms. The molecule has 82 valence electrons. The van der Waals surface area contributed by atoms with Gasteiger partial charge in [-0.2, -0.15) is 0 Å². The van der Waals surface area contributed by atoms with Crippen molar-refractivity contribution in [3.8, 4) is 11.5 Å². The number of hydrogen-bond acceptors (Lipinski definition) is 4. The molecule has 1 aromatic carbocycles. The molecule has 0 spiro atoms. The average Bonchev–Trinajstić information content (AvgIpc) is 2.18. The Hall–Kier alpha value is -1.26. The third-order valence-electron chi connectivity index (χ3n) is 1.71. The smallest absolute Gasteiger partial charge is 0.328 e. The largest absolute Gasteiger partial charge is 0.495 e. The Morgan fingerprint density at radius 3 is 2.67 bits per heavy atom. The van der Waals surface area contributed by atoms with E-state index in [0.717, 1.165) is 0 Å². The molecule has 4 nitrogen and oxygen atoms in total. The van der Waals surface area contributed by atoms with Crippen LogP contribution in [0.3, 0.4) is 0 Å². The number of halogens is 1. The van der Waals surface area contributed by atoms with Crippen LogP contribution in [0.4, 0.5) is 0 Å². The standard InChI is InChI=1S/C10H12ClNO3/c1-6(12)10(13)15-7-3-4-9(14-2)8(11)5-7/h3-6H,12H2,1-2H3/t6-/m0/s1. The number of esters is 1. The van der Waals surface area contributed by atoms with Gasteiger partial charge in [0.2, 0.25) is 0 Å². The van der Waals surface area contributed by atoms with E-state index in [0.29, 0.717) is 16.5 Å². The number of carbonyl (C=O) groups excluding carboxylic acids is 1. The highest BCUT2D eigenvalue weighted by atomic mass is 35.5. The Kier molecular flexibility index (Phi) is 3.94. The number of rotatable bonds is 3. The quantitative estimate of drug-likeness (QED) is 0.632. The number of carbonyl (C=O) groups is 1. The fourth-order valence-electron chi connectivity index (χ4n) is 0.920. The van der Waals surface area contributed by atoms with E-state index in [1.54, 1.807) is 19.1 Å². The molecule has 1 aromatic rings. The van der Waals surface area contributed by atoms with Crippen LogP contribution in [-0.2, 0) is 4.79 Å². The van der Waals surface area contributed by atoms with Crippen molar-refractivity contribution in [3.63, 3.8) is 0 Å². The summed E-state index contributed by atoms with van der Waals surface area (Å²) in [6.07, 6.45) is 0. The minimum Gasteiger partial charge on any atom is -0.495 e. The molecule has 0 heterocycles. The SMILES string of the molecule is COc1ccc(OC(=O)[C@H](C)N)cc1Cl. The van der Waals surface area contributed by atoms with Crippen molar-refractivity contribution in [3.05, 3.63) is 23.2 Å². The zero-order valence-electron chi connectivity index (χ0n) is 8.49. The molecule has 0 radical (unpaired) electrons.